The van der Waals surface area contributed by atoms with Gasteiger partial charge in [-0.05, 0) is 24.3 Å². The molecule has 4 heterocycles. The van der Waals surface area contributed by atoms with Gasteiger partial charge in [0.1, 0.15) is 0 Å². The fourth-order valence-electron chi connectivity index (χ4n) is 3.36. The molecule has 29 heavy (non-hydrogen) atoms. The molecule has 0 atom stereocenters. The fourth-order valence-corrected chi connectivity index (χ4v) is 3.36. The topological polar surface area (TPSA) is 51.6 Å². The van der Waals surface area contributed by atoms with Gasteiger partial charge in [0.05, 0.1) is 22.1 Å². The molecule has 6 rings (SSSR count). The normalized spacial score (nSPS) is 10.5. The minimum Gasteiger partial charge on any atom is -0.254 e. The molecule has 2 aromatic carbocycles. The van der Waals surface area contributed by atoms with Gasteiger partial charge in [-0.3, -0.25) is 19.9 Å². The molecule has 0 aliphatic carbocycles. The molecule has 0 saturated carbocycles. The molecule has 5 heteroatoms. The van der Waals surface area contributed by atoms with Crippen molar-refractivity contribution in [2.45, 2.75) is 0 Å². The molecule has 132 valence electrons. The zero-order valence-electron chi connectivity index (χ0n) is 15.6. The second-order valence-corrected chi connectivity index (χ2v) is 6.43. The van der Waals surface area contributed by atoms with Crippen LogP contribution in [0.3, 0.4) is 0 Å². The third-order valence-electron chi connectivity index (χ3n) is 4.69. The molecule has 0 saturated heterocycles. The van der Waals surface area contributed by atoms with Crippen molar-refractivity contribution >= 4 is 43.6 Å². The number of fused-ring (bicyclic) bond motifs is 6. The van der Waals surface area contributed by atoms with Gasteiger partial charge in [0.2, 0.25) is 0 Å². The molecule has 0 amide bonds. The van der Waals surface area contributed by atoms with E-state index in [1.165, 1.54) is 0 Å². The van der Waals surface area contributed by atoms with E-state index in [0.29, 0.717) is 0 Å². The Kier molecular flexibility index (Phi) is 5.90. The maximum absolute atomic E-state index is 4.35. The summed E-state index contributed by atoms with van der Waals surface area (Å²) in [5, 5.41) is 4.55. The summed E-state index contributed by atoms with van der Waals surface area (Å²) in [5.74, 6) is 0. The number of hydrogen-bond donors (Lipinski definition) is 0. The van der Waals surface area contributed by atoms with Crippen LogP contribution in [0.2, 0.25) is 0 Å². The molecule has 0 spiro atoms. The first-order valence-corrected chi connectivity index (χ1v) is 9.07. The number of aromatic nitrogens is 4. The van der Waals surface area contributed by atoms with Crippen LogP contribution in [0.25, 0.3) is 43.6 Å². The first-order valence-electron chi connectivity index (χ1n) is 9.07. The van der Waals surface area contributed by atoms with Gasteiger partial charge in [-0.15, -0.1) is 0 Å². The number of pyridine rings is 4. The number of benzene rings is 2. The van der Waals surface area contributed by atoms with Crippen LogP contribution >= 0.6 is 0 Å². The van der Waals surface area contributed by atoms with E-state index < -0.39 is 0 Å². The van der Waals surface area contributed by atoms with E-state index in [-0.39, 0.29) is 35.6 Å². The second kappa shape index (κ2) is 8.74. The first-order chi connectivity index (χ1) is 13.9. The molecule has 0 fully saturated rings. The average molecular weight is 499 g/mol. The van der Waals surface area contributed by atoms with Crippen LogP contribution < -0.4 is 0 Å². The van der Waals surface area contributed by atoms with Crippen molar-refractivity contribution in [3.8, 4) is 0 Å². The minimum atomic E-state index is 0. The second-order valence-electron chi connectivity index (χ2n) is 6.43. The van der Waals surface area contributed by atoms with Crippen molar-refractivity contribution in [2.75, 3.05) is 0 Å². The van der Waals surface area contributed by atoms with Gasteiger partial charge in [-0.25, -0.2) is 0 Å². The predicted octanol–water partition coefficient (Wildman–Crippen LogP) is 5.57. The molecular weight excluding hydrogens is 483 g/mol. The maximum atomic E-state index is 4.35. The monoisotopic (exact) mass is 499 g/mol. The van der Waals surface area contributed by atoms with E-state index in [1.807, 2.05) is 24.3 Å². The van der Waals surface area contributed by atoms with E-state index in [1.54, 1.807) is 24.8 Å². The summed E-state index contributed by atoms with van der Waals surface area (Å²) in [6, 6.07) is 24.3. The summed E-state index contributed by atoms with van der Waals surface area (Å²) in [4.78, 5) is 17.4. The molecule has 0 aliphatic heterocycles. The molecule has 0 unspecified atom stereocenters. The van der Waals surface area contributed by atoms with Crippen molar-refractivity contribution in [1.82, 2.24) is 19.9 Å². The first kappa shape index (κ1) is 19.6. The van der Waals surface area contributed by atoms with Gasteiger partial charge < -0.3 is 0 Å². The average Bonchev–Trinajstić information content (AvgIpc) is 2.79. The number of nitrogens with zero attached hydrogens (tertiary/aromatic N) is 4. The van der Waals surface area contributed by atoms with Crippen LogP contribution in [0.4, 0.5) is 0 Å². The van der Waals surface area contributed by atoms with Crippen LogP contribution in [0.5, 0.6) is 0 Å². The Balaban J connectivity index is 0.000000137. The predicted molar refractivity (Wildman–Crippen MR) is 114 cm³/mol. The largest absolute Gasteiger partial charge is 3.00 e. The molecule has 6 aromatic rings. The Labute approximate surface area is 195 Å². The molecule has 0 bridgehead atoms. The van der Waals surface area contributed by atoms with Gasteiger partial charge in [0, 0.05) is 46.3 Å². The number of hydrogen-bond acceptors (Lipinski definition) is 4. The zero-order chi connectivity index (χ0) is 18.8. The molecule has 4 nitrogen and oxygen atoms in total. The van der Waals surface area contributed by atoms with Gasteiger partial charge in [0.25, 0.3) is 0 Å². The summed E-state index contributed by atoms with van der Waals surface area (Å²) in [5.41, 5.74) is 3.91. The third kappa shape index (κ3) is 3.90. The quantitative estimate of drug-likeness (QED) is 0.257. The molecule has 0 N–H and O–H groups in total. The molecule has 0 aliphatic rings. The van der Waals surface area contributed by atoms with E-state index in [4.69, 9.17) is 0 Å². The molecular formula is C24H16LaN4+3. The zero-order valence-corrected chi connectivity index (χ0v) is 19.2. The minimum absolute atomic E-state index is 0. The smallest absolute Gasteiger partial charge is 0.254 e. The van der Waals surface area contributed by atoms with Crippen molar-refractivity contribution in [3.63, 3.8) is 0 Å². The summed E-state index contributed by atoms with van der Waals surface area (Å²) in [7, 11) is 0. The Morgan fingerprint density at radius 2 is 0.586 bits per heavy atom. The van der Waals surface area contributed by atoms with Crippen molar-refractivity contribution in [2.24, 2.45) is 0 Å². The SMILES string of the molecule is [La+3].c1cnc2c(c1)ccc1cccnc12.c1cnc2c(c1)ccc1cccnc12. The Morgan fingerprint density at radius 3 is 0.828 bits per heavy atom. The Bertz CT molecular complexity index is 1210. The standard InChI is InChI=1S/2C12H8N2.La/c2*1-3-9-5-6-10-4-2-8-14-12(10)11(9)13-7-1;/h2*1-8H;/q;;+3. The van der Waals surface area contributed by atoms with Crippen LogP contribution in [-0.2, 0) is 0 Å². The summed E-state index contributed by atoms with van der Waals surface area (Å²) >= 11 is 0. The molecule has 0 radical (unpaired) electrons. The van der Waals surface area contributed by atoms with E-state index in [0.717, 1.165) is 43.6 Å². The van der Waals surface area contributed by atoms with Crippen molar-refractivity contribution in [3.05, 3.63) is 97.6 Å². The molecule has 4 aromatic heterocycles. The Morgan fingerprint density at radius 1 is 0.345 bits per heavy atom. The van der Waals surface area contributed by atoms with Crippen molar-refractivity contribution < 1.29 is 35.6 Å². The summed E-state index contributed by atoms with van der Waals surface area (Å²) in [6.07, 6.45) is 7.21. The van der Waals surface area contributed by atoms with E-state index >= 15 is 0 Å². The van der Waals surface area contributed by atoms with Crippen LogP contribution in [0, 0.1) is 35.6 Å². The Hall–Kier alpha value is -2.73. The maximum Gasteiger partial charge on any atom is 3.00 e. The summed E-state index contributed by atoms with van der Waals surface area (Å²) < 4.78 is 0. The van der Waals surface area contributed by atoms with E-state index in [2.05, 4.69) is 68.5 Å². The van der Waals surface area contributed by atoms with Gasteiger partial charge in [-0.1, -0.05) is 48.5 Å². The van der Waals surface area contributed by atoms with E-state index in [9.17, 15) is 0 Å². The fraction of sp³-hybridized carbons (Fsp3) is 0. The van der Waals surface area contributed by atoms with Crippen LogP contribution in [-0.4, -0.2) is 19.9 Å². The van der Waals surface area contributed by atoms with Crippen LogP contribution in [0.1, 0.15) is 0 Å². The van der Waals surface area contributed by atoms with Gasteiger partial charge >= 0.3 is 35.6 Å². The third-order valence-corrected chi connectivity index (χ3v) is 4.69. The number of rotatable bonds is 0. The summed E-state index contributed by atoms with van der Waals surface area (Å²) in [6.45, 7) is 0. The van der Waals surface area contributed by atoms with Crippen molar-refractivity contribution in [1.29, 1.82) is 0 Å². The van der Waals surface area contributed by atoms with Crippen LogP contribution in [0.15, 0.2) is 97.6 Å². The van der Waals surface area contributed by atoms with Gasteiger partial charge in [0.15, 0.2) is 0 Å². The van der Waals surface area contributed by atoms with Gasteiger partial charge in [-0.2, -0.15) is 0 Å².